The summed E-state index contributed by atoms with van der Waals surface area (Å²) >= 11 is 1.19. The number of thiophene rings is 1. The molecule has 0 radical (unpaired) electrons. The molecule has 3 aliphatic rings. The van der Waals surface area contributed by atoms with Crippen LogP contribution in [0.3, 0.4) is 0 Å². The molecule has 0 amide bonds. The topological polar surface area (TPSA) is 73.3 Å². The molecule has 0 aliphatic carbocycles. The summed E-state index contributed by atoms with van der Waals surface area (Å²) in [6, 6.07) is 8.96. The van der Waals surface area contributed by atoms with Crippen LogP contribution >= 0.6 is 11.3 Å². The zero-order valence-corrected chi connectivity index (χ0v) is 21.3. The van der Waals surface area contributed by atoms with E-state index in [0.29, 0.717) is 28.9 Å². The second-order valence-electron chi connectivity index (χ2n) is 9.72. The molecular formula is C24H30F3N3O4S2. The Morgan fingerprint density at radius 2 is 1.92 bits per heavy atom. The van der Waals surface area contributed by atoms with Crippen molar-refractivity contribution in [3.8, 4) is 0 Å². The van der Waals surface area contributed by atoms with E-state index in [0.717, 1.165) is 26.1 Å². The number of nitrogens with zero attached hydrogens (tertiary/aromatic N) is 3. The summed E-state index contributed by atoms with van der Waals surface area (Å²) in [4.78, 5) is 4.39. The van der Waals surface area contributed by atoms with Crippen molar-refractivity contribution in [3.63, 3.8) is 0 Å². The number of benzene rings is 1. The first-order chi connectivity index (χ1) is 17.2. The molecule has 7 nitrogen and oxygen atoms in total. The lowest BCUT2D eigenvalue weighted by Crippen LogP contribution is -2.58. The van der Waals surface area contributed by atoms with Crippen LogP contribution in [0.15, 0.2) is 46.0 Å². The molecule has 0 spiro atoms. The van der Waals surface area contributed by atoms with E-state index in [-0.39, 0.29) is 30.8 Å². The van der Waals surface area contributed by atoms with E-state index in [1.165, 1.54) is 27.8 Å². The van der Waals surface area contributed by atoms with Crippen LogP contribution in [0.5, 0.6) is 0 Å². The van der Waals surface area contributed by atoms with Crippen LogP contribution in [0.25, 0.3) is 0 Å². The van der Waals surface area contributed by atoms with Gasteiger partial charge in [-0.2, -0.15) is 4.31 Å². The molecule has 4 atom stereocenters. The highest BCUT2D eigenvalue weighted by atomic mass is 32.2. The van der Waals surface area contributed by atoms with Crippen molar-refractivity contribution < 1.29 is 31.4 Å². The lowest BCUT2D eigenvalue weighted by atomic mass is 9.95. The quantitative estimate of drug-likeness (QED) is 0.550. The summed E-state index contributed by atoms with van der Waals surface area (Å²) in [6.07, 6.45) is -2.03. The van der Waals surface area contributed by atoms with Gasteiger partial charge in [-0.3, -0.25) is 4.90 Å². The lowest BCUT2D eigenvalue weighted by Gasteiger charge is -2.43. The van der Waals surface area contributed by atoms with Crippen molar-refractivity contribution in [2.75, 3.05) is 57.4 Å². The number of likely N-dealkylation sites (tertiary alicyclic amines) is 1. The van der Waals surface area contributed by atoms with Crippen molar-refractivity contribution in [3.05, 3.63) is 47.3 Å². The van der Waals surface area contributed by atoms with E-state index >= 15 is 0 Å². The minimum Gasteiger partial charge on any atom is -0.377 e. The second kappa shape index (κ2) is 10.2. The van der Waals surface area contributed by atoms with Gasteiger partial charge in [-0.25, -0.2) is 21.6 Å². The van der Waals surface area contributed by atoms with Gasteiger partial charge in [0.05, 0.1) is 12.1 Å². The Balaban J connectivity index is 1.38. The Morgan fingerprint density at radius 3 is 2.56 bits per heavy atom. The summed E-state index contributed by atoms with van der Waals surface area (Å²) in [5.41, 5.74) is -2.33. The number of hydrogen-bond donors (Lipinski definition) is 1. The predicted octanol–water partition coefficient (Wildman–Crippen LogP) is 2.77. The first-order valence-corrected chi connectivity index (χ1v) is 14.4. The summed E-state index contributed by atoms with van der Waals surface area (Å²) in [5, 5.41) is 11.8. The van der Waals surface area contributed by atoms with Gasteiger partial charge in [0.2, 0.25) is 0 Å². The molecule has 3 fully saturated rings. The molecule has 1 aromatic heterocycles. The zero-order chi connectivity index (χ0) is 25.5. The molecule has 198 valence electrons. The van der Waals surface area contributed by atoms with Crippen LogP contribution in [0.2, 0.25) is 0 Å². The van der Waals surface area contributed by atoms with Gasteiger partial charge in [0.15, 0.2) is 5.60 Å². The number of ether oxygens (including phenoxy) is 1. The van der Waals surface area contributed by atoms with Gasteiger partial charge < -0.3 is 14.7 Å². The zero-order valence-electron chi connectivity index (χ0n) is 19.7. The highest BCUT2D eigenvalue weighted by Crippen LogP contribution is 2.34. The molecule has 4 heterocycles. The van der Waals surface area contributed by atoms with Gasteiger partial charge in [-0.15, -0.1) is 11.3 Å². The maximum atomic E-state index is 13.3. The summed E-state index contributed by atoms with van der Waals surface area (Å²) in [5.74, 6) is 0.486. The summed E-state index contributed by atoms with van der Waals surface area (Å²) < 4.78 is 74.0. The lowest BCUT2D eigenvalue weighted by molar-refractivity contribution is -0.114. The first-order valence-electron chi connectivity index (χ1n) is 12.0. The Labute approximate surface area is 213 Å². The minimum absolute atomic E-state index is 0.187. The summed E-state index contributed by atoms with van der Waals surface area (Å²) in [7, 11) is -3.62. The first kappa shape index (κ1) is 25.9. The van der Waals surface area contributed by atoms with E-state index in [2.05, 4.69) is 9.80 Å². The van der Waals surface area contributed by atoms with Crippen molar-refractivity contribution in [1.82, 2.24) is 9.21 Å². The Kier molecular flexibility index (Phi) is 7.36. The van der Waals surface area contributed by atoms with Crippen LogP contribution in [0.1, 0.15) is 12.0 Å². The fourth-order valence-electron chi connectivity index (χ4n) is 5.49. The van der Waals surface area contributed by atoms with Gasteiger partial charge in [-0.05, 0) is 35.6 Å². The Bertz CT molecular complexity index is 1120. The highest BCUT2D eigenvalue weighted by Gasteiger charge is 2.42. The van der Waals surface area contributed by atoms with Crippen LogP contribution in [-0.4, -0.2) is 93.9 Å². The fourth-order valence-corrected chi connectivity index (χ4v) is 8.11. The molecule has 5 rings (SSSR count). The van der Waals surface area contributed by atoms with Gasteiger partial charge >= 0.3 is 0 Å². The minimum atomic E-state index is -3.62. The number of sulfonamides is 1. The van der Waals surface area contributed by atoms with Crippen molar-refractivity contribution in [2.45, 2.75) is 34.8 Å². The van der Waals surface area contributed by atoms with Crippen LogP contribution in [0.4, 0.5) is 18.9 Å². The van der Waals surface area contributed by atoms with Gasteiger partial charge in [0.25, 0.3) is 16.4 Å². The van der Waals surface area contributed by atoms with Crippen LogP contribution < -0.4 is 4.90 Å². The third-order valence-corrected chi connectivity index (χ3v) is 10.8. The monoisotopic (exact) mass is 545 g/mol. The van der Waals surface area contributed by atoms with E-state index in [4.69, 9.17) is 4.74 Å². The second-order valence-corrected chi connectivity index (χ2v) is 12.8. The average molecular weight is 546 g/mol. The third-order valence-electron chi connectivity index (χ3n) is 7.54. The predicted molar refractivity (Wildman–Crippen MR) is 131 cm³/mol. The number of piperazine rings is 1. The molecule has 3 saturated heterocycles. The van der Waals surface area contributed by atoms with Crippen molar-refractivity contribution in [1.29, 1.82) is 0 Å². The van der Waals surface area contributed by atoms with Gasteiger partial charge in [0, 0.05) is 57.5 Å². The van der Waals surface area contributed by atoms with E-state index in [9.17, 15) is 26.7 Å². The maximum Gasteiger partial charge on any atom is 0.273 e. The third kappa shape index (κ3) is 4.79. The van der Waals surface area contributed by atoms with Crippen LogP contribution in [-0.2, 0) is 20.4 Å². The van der Waals surface area contributed by atoms with E-state index in [1.54, 1.807) is 29.6 Å². The molecule has 1 aromatic carbocycles. The molecule has 0 bridgehead atoms. The molecule has 1 N–H and O–H groups in total. The van der Waals surface area contributed by atoms with E-state index < -0.39 is 28.7 Å². The van der Waals surface area contributed by atoms with Crippen molar-refractivity contribution >= 4 is 27.0 Å². The van der Waals surface area contributed by atoms with Crippen LogP contribution in [0, 0.1) is 5.92 Å². The van der Waals surface area contributed by atoms with E-state index in [1.807, 2.05) is 0 Å². The molecule has 3 aliphatic heterocycles. The number of rotatable bonds is 8. The summed E-state index contributed by atoms with van der Waals surface area (Å²) in [6.45, 7) is 2.46. The molecule has 2 aromatic rings. The molecule has 1 unspecified atom stereocenters. The largest absolute Gasteiger partial charge is 0.377 e. The molecule has 36 heavy (non-hydrogen) atoms. The number of alkyl halides is 3. The maximum absolute atomic E-state index is 13.3. The highest BCUT2D eigenvalue weighted by molar-refractivity contribution is 7.91. The van der Waals surface area contributed by atoms with Gasteiger partial charge in [0.1, 0.15) is 10.9 Å². The standard InChI is InChI=1S/C24H30F3N3O4S2/c25-16-24(31,23(26)27)18-3-5-19(6-4-18)30-9-8-29(36(32,33)22-2-1-11-35-22)14-20(30)13-28-12-17-7-10-34-21(17)15-28/h1-6,11,17,20-21,23,31H,7-10,12-16H2/t17-,20+,21+,24?/m1/s1. The fraction of sp³-hybridized carbons (Fsp3) is 0.583. The number of aliphatic hydroxyl groups is 1. The van der Waals surface area contributed by atoms with Crippen molar-refractivity contribution in [2.24, 2.45) is 5.92 Å². The average Bonchev–Trinajstić information content (AvgIpc) is 3.62. The molecule has 12 heteroatoms. The number of hydrogen-bond acceptors (Lipinski definition) is 7. The number of fused-ring (bicyclic) bond motifs is 1. The Morgan fingerprint density at radius 1 is 1.14 bits per heavy atom. The van der Waals surface area contributed by atoms with Gasteiger partial charge in [-0.1, -0.05) is 18.2 Å². The molecular weight excluding hydrogens is 515 g/mol. The normalized spacial score (nSPS) is 27.5. The number of anilines is 1. The smallest absolute Gasteiger partial charge is 0.273 e. The number of halogens is 3. The SMILES string of the molecule is O=S(=O)(c1cccs1)N1CCN(c2ccc(C(O)(CF)C(F)F)cc2)[C@@H](CN2C[C@H]3CCO[C@H]3C2)C1. The Hall–Kier alpha value is -1.70. The molecule has 0 saturated carbocycles.